The Labute approximate surface area is 203 Å². The molecule has 164 valence electrons. The summed E-state index contributed by atoms with van der Waals surface area (Å²) in [5, 5.41) is 11.1. The van der Waals surface area contributed by atoms with E-state index in [-0.39, 0.29) is 12.2 Å². The molecule has 5 nitrogen and oxygen atoms in total. The summed E-state index contributed by atoms with van der Waals surface area (Å²) in [6, 6.07) is 13.5. The third-order valence-corrected chi connectivity index (χ3v) is 6.51. The number of carboxylic acid groups (broad SMARTS) is 1. The third kappa shape index (κ3) is 4.97. The molecule has 0 radical (unpaired) electrons. The Hall–Kier alpha value is -2.44. The van der Waals surface area contributed by atoms with E-state index in [2.05, 4.69) is 9.97 Å². The number of aromatic nitrogens is 2. The van der Waals surface area contributed by atoms with E-state index in [0.717, 1.165) is 22.4 Å². The lowest BCUT2D eigenvalue weighted by Crippen LogP contribution is -2.04. The summed E-state index contributed by atoms with van der Waals surface area (Å²) < 4.78 is 5.96. The smallest absolute Gasteiger partial charge is 0.335 e. The van der Waals surface area contributed by atoms with Gasteiger partial charge in [0.25, 0.3) is 0 Å². The molecule has 0 aliphatic heterocycles. The van der Waals surface area contributed by atoms with Crippen molar-refractivity contribution in [3.63, 3.8) is 0 Å². The van der Waals surface area contributed by atoms with Gasteiger partial charge in [-0.2, -0.15) is 0 Å². The van der Waals surface area contributed by atoms with Crippen LogP contribution in [-0.4, -0.2) is 21.0 Å². The number of carboxylic acids is 1. The minimum Gasteiger partial charge on any atom is -0.489 e. The molecule has 9 heteroatoms. The highest BCUT2D eigenvalue weighted by atomic mass is 35.5. The van der Waals surface area contributed by atoms with Gasteiger partial charge in [0.1, 0.15) is 18.2 Å². The Morgan fingerprint density at radius 1 is 0.938 bits per heavy atom. The van der Waals surface area contributed by atoms with Crippen molar-refractivity contribution < 1.29 is 14.6 Å². The molecular weight excluding hydrogens is 494 g/mol. The van der Waals surface area contributed by atoms with Crippen molar-refractivity contribution in [1.29, 1.82) is 0 Å². The van der Waals surface area contributed by atoms with Gasteiger partial charge in [0, 0.05) is 12.0 Å². The summed E-state index contributed by atoms with van der Waals surface area (Å²) in [6.07, 6.45) is 1.14. The van der Waals surface area contributed by atoms with Crippen LogP contribution in [0.3, 0.4) is 0 Å². The van der Waals surface area contributed by atoms with Gasteiger partial charge in [0.2, 0.25) is 0 Å². The molecule has 0 amide bonds. The predicted octanol–water partition coefficient (Wildman–Crippen LogP) is 7.24. The van der Waals surface area contributed by atoms with Gasteiger partial charge in [0.05, 0.1) is 36.7 Å². The predicted molar refractivity (Wildman–Crippen MR) is 128 cm³/mol. The monoisotopic (exact) mass is 508 g/mol. The molecule has 0 atom stereocenters. The number of aryl methyl sites for hydroxylation is 2. The first-order chi connectivity index (χ1) is 15.3. The van der Waals surface area contributed by atoms with Crippen molar-refractivity contribution in [1.82, 2.24) is 9.97 Å². The van der Waals surface area contributed by atoms with Crippen LogP contribution in [0.2, 0.25) is 20.1 Å². The fraction of sp³-hybridized carbons (Fsp3) is 0.130. The molecule has 0 spiro atoms. The van der Waals surface area contributed by atoms with Crippen LogP contribution in [-0.2, 0) is 19.4 Å². The first kappa shape index (κ1) is 22.7. The van der Waals surface area contributed by atoms with Gasteiger partial charge in [-0.25, -0.2) is 9.78 Å². The van der Waals surface area contributed by atoms with Crippen LogP contribution in [0.1, 0.15) is 27.3 Å². The molecule has 3 aromatic carbocycles. The highest BCUT2D eigenvalue weighted by molar-refractivity contribution is 6.43. The highest BCUT2D eigenvalue weighted by Crippen LogP contribution is 2.29. The maximum absolute atomic E-state index is 11.4. The summed E-state index contributed by atoms with van der Waals surface area (Å²) in [5.41, 5.74) is 3.20. The van der Waals surface area contributed by atoms with Gasteiger partial charge in [-0.3, -0.25) is 0 Å². The summed E-state index contributed by atoms with van der Waals surface area (Å²) in [7, 11) is 0. The standard InChI is InChI=1S/C23H16Cl4N2O3/c24-15-3-1-2-14(22(15)27)11-32-20-8-13(23(30)31)5-4-12(20)6-7-21-28-18-9-16(25)17(26)10-19(18)29-21/h1-5,8-10H,6-7,11H2,(H,28,29)(H,30,31). The van der Waals surface area contributed by atoms with Gasteiger partial charge in [-0.05, 0) is 42.3 Å². The van der Waals surface area contributed by atoms with Crippen LogP contribution in [0.5, 0.6) is 5.75 Å². The van der Waals surface area contributed by atoms with Crippen molar-refractivity contribution in [2.75, 3.05) is 0 Å². The molecule has 1 heterocycles. The minimum absolute atomic E-state index is 0.133. The Balaban J connectivity index is 1.56. The Morgan fingerprint density at radius 2 is 1.72 bits per heavy atom. The van der Waals surface area contributed by atoms with Crippen molar-refractivity contribution in [2.45, 2.75) is 19.4 Å². The largest absolute Gasteiger partial charge is 0.489 e. The zero-order valence-electron chi connectivity index (χ0n) is 16.5. The van der Waals surface area contributed by atoms with Crippen LogP contribution < -0.4 is 4.74 Å². The Bertz CT molecular complexity index is 1280. The number of hydrogen-bond acceptors (Lipinski definition) is 3. The molecule has 0 fully saturated rings. The zero-order chi connectivity index (χ0) is 22.8. The minimum atomic E-state index is -1.03. The van der Waals surface area contributed by atoms with E-state index in [4.69, 9.17) is 51.1 Å². The lowest BCUT2D eigenvalue weighted by Gasteiger charge is -2.13. The van der Waals surface area contributed by atoms with E-state index in [1.165, 1.54) is 6.07 Å². The van der Waals surface area contributed by atoms with E-state index < -0.39 is 5.97 Å². The van der Waals surface area contributed by atoms with Crippen LogP contribution in [0.4, 0.5) is 0 Å². The molecule has 32 heavy (non-hydrogen) atoms. The molecule has 4 aromatic rings. The average Bonchev–Trinajstić information content (AvgIpc) is 3.15. The van der Waals surface area contributed by atoms with Gasteiger partial charge in [-0.1, -0.05) is 64.6 Å². The number of fused-ring (bicyclic) bond motifs is 1. The Kier molecular flexibility index (Phi) is 6.82. The van der Waals surface area contributed by atoms with Crippen LogP contribution >= 0.6 is 46.4 Å². The number of halogens is 4. The first-order valence-corrected chi connectivity index (χ1v) is 11.1. The number of aromatic amines is 1. The summed E-state index contributed by atoms with van der Waals surface area (Å²) in [6.45, 7) is 0.150. The second-order valence-corrected chi connectivity index (χ2v) is 8.70. The van der Waals surface area contributed by atoms with E-state index in [1.807, 2.05) is 0 Å². The van der Waals surface area contributed by atoms with Gasteiger partial charge in [0.15, 0.2) is 0 Å². The fourth-order valence-electron chi connectivity index (χ4n) is 3.27. The first-order valence-electron chi connectivity index (χ1n) is 9.57. The highest BCUT2D eigenvalue weighted by Gasteiger charge is 2.13. The van der Waals surface area contributed by atoms with Crippen molar-refractivity contribution in [3.05, 3.63) is 91.1 Å². The quantitative estimate of drug-likeness (QED) is 0.275. The number of nitrogens with one attached hydrogen (secondary N) is 1. The molecule has 0 saturated heterocycles. The number of carbonyl (C=O) groups is 1. The van der Waals surface area contributed by atoms with Gasteiger partial charge < -0.3 is 14.8 Å². The number of benzene rings is 3. The number of imidazole rings is 1. The van der Waals surface area contributed by atoms with Gasteiger partial charge in [-0.15, -0.1) is 0 Å². The summed E-state index contributed by atoms with van der Waals surface area (Å²) >= 11 is 24.5. The van der Waals surface area contributed by atoms with Crippen LogP contribution in [0.25, 0.3) is 11.0 Å². The van der Waals surface area contributed by atoms with Crippen molar-refractivity contribution >= 4 is 63.4 Å². The lowest BCUT2D eigenvalue weighted by atomic mass is 10.1. The zero-order valence-corrected chi connectivity index (χ0v) is 19.5. The molecule has 4 rings (SSSR count). The number of aromatic carboxylic acids is 1. The molecule has 0 aliphatic carbocycles. The molecule has 1 aromatic heterocycles. The lowest BCUT2D eigenvalue weighted by molar-refractivity contribution is 0.0696. The molecule has 0 saturated carbocycles. The normalized spacial score (nSPS) is 11.1. The van der Waals surface area contributed by atoms with E-state index in [0.29, 0.717) is 44.2 Å². The fourth-order valence-corrected chi connectivity index (χ4v) is 3.97. The maximum Gasteiger partial charge on any atom is 0.335 e. The van der Waals surface area contributed by atoms with E-state index in [1.54, 1.807) is 42.5 Å². The second-order valence-electron chi connectivity index (χ2n) is 7.10. The number of H-pyrrole nitrogens is 1. The molecular formula is C23H16Cl4N2O3. The van der Waals surface area contributed by atoms with Crippen molar-refractivity contribution in [2.24, 2.45) is 0 Å². The number of rotatable bonds is 7. The topological polar surface area (TPSA) is 75.2 Å². The van der Waals surface area contributed by atoms with Crippen LogP contribution in [0, 0.1) is 0 Å². The molecule has 0 bridgehead atoms. The molecule has 0 unspecified atom stereocenters. The molecule has 0 aliphatic rings. The van der Waals surface area contributed by atoms with Crippen molar-refractivity contribution in [3.8, 4) is 5.75 Å². The third-order valence-electron chi connectivity index (χ3n) is 4.93. The Morgan fingerprint density at radius 3 is 2.50 bits per heavy atom. The summed E-state index contributed by atoms with van der Waals surface area (Å²) in [4.78, 5) is 19.2. The van der Waals surface area contributed by atoms with Gasteiger partial charge >= 0.3 is 5.97 Å². The molecule has 2 N–H and O–H groups in total. The average molecular weight is 510 g/mol. The van der Waals surface area contributed by atoms with E-state index >= 15 is 0 Å². The number of nitrogens with zero attached hydrogens (tertiary/aromatic N) is 1. The second kappa shape index (κ2) is 9.59. The number of ether oxygens (including phenoxy) is 1. The van der Waals surface area contributed by atoms with E-state index in [9.17, 15) is 9.90 Å². The maximum atomic E-state index is 11.4. The SMILES string of the molecule is O=C(O)c1ccc(CCc2nc3cc(Cl)c(Cl)cc3[nH]2)c(OCc2cccc(Cl)c2Cl)c1. The van der Waals surface area contributed by atoms with Crippen LogP contribution in [0.15, 0.2) is 48.5 Å². The number of hydrogen-bond donors (Lipinski definition) is 2. The summed E-state index contributed by atoms with van der Waals surface area (Å²) in [5.74, 6) is 0.181.